The summed E-state index contributed by atoms with van der Waals surface area (Å²) in [7, 11) is -0.817. The Morgan fingerprint density at radius 2 is 1.78 bits per heavy atom. The van der Waals surface area contributed by atoms with Crippen molar-refractivity contribution in [2.24, 2.45) is 5.11 Å². The lowest BCUT2D eigenvalue weighted by Gasteiger charge is -2.38. The predicted octanol–water partition coefficient (Wildman–Crippen LogP) is 9.02. The van der Waals surface area contributed by atoms with Gasteiger partial charge >= 0.3 is 12.1 Å². The van der Waals surface area contributed by atoms with Crippen molar-refractivity contribution in [3.63, 3.8) is 0 Å². The molecule has 0 aliphatic carbocycles. The molecule has 2 aliphatic rings. The molecule has 0 bridgehead atoms. The van der Waals surface area contributed by atoms with Crippen LogP contribution in [-0.2, 0) is 4.74 Å². The number of hydrogen-bond donors (Lipinski definition) is 1. The molecule has 17 heteroatoms. The number of amides is 1. The fraction of sp³-hybridized carbons (Fsp3) is 0.535. The number of methoxy groups -OCH3 is 1. The van der Waals surface area contributed by atoms with E-state index in [1.165, 1.54) is 24.3 Å². The number of carboxylic acid groups (broad SMARTS) is 1. The van der Waals surface area contributed by atoms with E-state index in [4.69, 9.17) is 24.7 Å². The van der Waals surface area contributed by atoms with E-state index in [1.54, 1.807) is 18.2 Å². The zero-order chi connectivity index (χ0) is 43.1. The number of aromatic nitrogens is 3. The number of likely N-dealkylation sites (tertiary alicyclic amines) is 1. The van der Waals surface area contributed by atoms with Gasteiger partial charge in [-0.3, -0.25) is 9.88 Å². The number of benzene rings is 2. The van der Waals surface area contributed by atoms with Gasteiger partial charge < -0.3 is 29.1 Å². The standard InChI is InChI=1S/C43H55F2N9O5Si/c1-27(2)60(28(3)4,29(5)6)21-13-33-36(44)12-11-30-22-32(59-26-57-7)23-34(37(30)33)39-38(45)40-35(24-47-39)41(53-17-19-54(20-18-53)43(55)56)50-42(49-40)58-25-31-10-8-15-52(31)16-9-14-48-51-46/h11-12,22-24,27-29,31H,8-10,14-20,25-26H2,1-7H3,(H,55,56)/t31-/m0/s1. The topological polar surface area (TPSA) is 162 Å². The second-order valence-electron chi connectivity index (χ2n) is 16.4. The number of nitrogens with zero attached hydrogens (tertiary/aromatic N) is 9. The average Bonchev–Trinajstić information content (AvgIpc) is 3.68. The van der Waals surface area contributed by atoms with Crippen LogP contribution in [0.3, 0.4) is 0 Å². The van der Waals surface area contributed by atoms with Gasteiger partial charge in [0.15, 0.2) is 12.6 Å². The molecule has 1 atom stereocenters. The number of fused-ring (bicyclic) bond motifs is 2. The molecule has 320 valence electrons. The molecule has 2 saturated heterocycles. The van der Waals surface area contributed by atoms with Gasteiger partial charge in [-0.15, -0.1) is 5.54 Å². The van der Waals surface area contributed by atoms with E-state index in [1.807, 2.05) is 4.90 Å². The number of ether oxygens (including phenoxy) is 3. The Balaban J connectivity index is 1.51. The molecular weight excluding hydrogens is 789 g/mol. The first-order chi connectivity index (χ1) is 28.8. The van der Waals surface area contributed by atoms with Gasteiger partial charge in [-0.1, -0.05) is 58.6 Å². The van der Waals surface area contributed by atoms with Crippen LogP contribution in [0.4, 0.5) is 19.4 Å². The minimum absolute atomic E-state index is 0.0351. The number of carbonyl (C=O) groups is 1. The largest absolute Gasteiger partial charge is 0.468 e. The lowest BCUT2D eigenvalue weighted by molar-refractivity contribution is 0.0512. The molecule has 4 heterocycles. The number of piperazine rings is 1. The van der Waals surface area contributed by atoms with Crippen LogP contribution in [-0.4, -0.2) is 116 Å². The maximum Gasteiger partial charge on any atom is 0.407 e. The number of rotatable bonds is 15. The van der Waals surface area contributed by atoms with Gasteiger partial charge in [-0.05, 0) is 78.1 Å². The molecule has 0 radical (unpaired) electrons. The van der Waals surface area contributed by atoms with Crippen molar-refractivity contribution in [2.45, 2.75) is 83.5 Å². The first kappa shape index (κ1) is 44.3. The molecule has 4 aromatic rings. The molecule has 60 heavy (non-hydrogen) atoms. The number of halogens is 2. The summed E-state index contributed by atoms with van der Waals surface area (Å²) >= 11 is 0. The average molecular weight is 844 g/mol. The van der Waals surface area contributed by atoms with Crippen LogP contribution in [0.2, 0.25) is 16.6 Å². The molecule has 1 amide bonds. The highest BCUT2D eigenvalue weighted by Gasteiger charge is 2.42. The highest BCUT2D eigenvalue weighted by molar-refractivity contribution is 6.90. The Labute approximate surface area is 350 Å². The summed E-state index contributed by atoms with van der Waals surface area (Å²) in [5.41, 5.74) is 13.5. The van der Waals surface area contributed by atoms with Crippen LogP contribution in [0.25, 0.3) is 43.4 Å². The third-order valence-corrected chi connectivity index (χ3v) is 18.4. The van der Waals surface area contributed by atoms with Gasteiger partial charge in [0.1, 0.15) is 43.3 Å². The van der Waals surface area contributed by atoms with Gasteiger partial charge in [0, 0.05) is 67.9 Å². The predicted molar refractivity (Wildman–Crippen MR) is 231 cm³/mol. The van der Waals surface area contributed by atoms with E-state index in [0.717, 1.165) is 25.9 Å². The summed E-state index contributed by atoms with van der Waals surface area (Å²) in [6.45, 7) is 16.4. The highest BCUT2D eigenvalue weighted by atomic mass is 28.3. The fourth-order valence-electron chi connectivity index (χ4n) is 9.10. The second kappa shape index (κ2) is 19.4. The summed E-state index contributed by atoms with van der Waals surface area (Å²) in [4.78, 5) is 34.2. The third kappa shape index (κ3) is 9.22. The van der Waals surface area contributed by atoms with Crippen LogP contribution in [0.5, 0.6) is 11.8 Å². The molecule has 2 fully saturated rings. The maximum atomic E-state index is 17.5. The monoisotopic (exact) mass is 843 g/mol. The number of anilines is 1. The smallest absolute Gasteiger partial charge is 0.407 e. The molecule has 2 aromatic carbocycles. The molecule has 0 spiro atoms. The van der Waals surface area contributed by atoms with Gasteiger partial charge in [0.05, 0.1) is 10.9 Å². The number of azide groups is 1. The number of pyridine rings is 1. The first-order valence-corrected chi connectivity index (χ1v) is 22.9. The number of hydrogen-bond acceptors (Lipinski definition) is 10. The fourth-order valence-corrected chi connectivity index (χ4v) is 14.3. The van der Waals surface area contributed by atoms with Crippen molar-refractivity contribution in [1.29, 1.82) is 0 Å². The van der Waals surface area contributed by atoms with Crippen molar-refractivity contribution >= 4 is 41.7 Å². The summed E-state index contributed by atoms with van der Waals surface area (Å²) in [5.74, 6) is 2.75. The van der Waals surface area contributed by atoms with Crippen molar-refractivity contribution in [3.8, 4) is 34.5 Å². The Kier molecular flexibility index (Phi) is 14.3. The summed E-state index contributed by atoms with van der Waals surface area (Å²) in [5, 5.41) is 14.6. The first-order valence-electron chi connectivity index (χ1n) is 20.7. The molecule has 6 rings (SSSR count). The van der Waals surface area contributed by atoms with E-state index in [-0.39, 0.29) is 60.9 Å². The Bertz CT molecular complexity index is 2280. The van der Waals surface area contributed by atoms with Crippen LogP contribution >= 0.6 is 0 Å². The van der Waals surface area contributed by atoms with E-state index in [2.05, 4.69) is 77.9 Å². The van der Waals surface area contributed by atoms with Crippen LogP contribution < -0.4 is 14.4 Å². The zero-order valence-corrected chi connectivity index (χ0v) is 36.5. The van der Waals surface area contributed by atoms with E-state index in [9.17, 15) is 9.90 Å². The summed E-state index contributed by atoms with van der Waals surface area (Å²) < 4.78 is 51.1. The van der Waals surface area contributed by atoms with Crippen LogP contribution in [0, 0.1) is 23.1 Å². The normalized spacial score (nSPS) is 16.2. The van der Waals surface area contributed by atoms with E-state index in [0.29, 0.717) is 70.4 Å². The molecule has 0 unspecified atom stereocenters. The molecule has 14 nitrogen and oxygen atoms in total. The SMILES string of the molecule is COCOc1cc(-c2ncc3c(N4CCN(C(=O)O)CC4)nc(OC[C@@H]4CCCN4CCCN=[N+]=[N-])nc3c2F)c2c(C#C[Si](C(C)C)(C(C)C)C(C)C)c(F)ccc2c1. The quantitative estimate of drug-likeness (QED) is 0.0233. The van der Waals surface area contributed by atoms with Crippen molar-refractivity contribution in [2.75, 3.05) is 71.2 Å². The third-order valence-electron chi connectivity index (χ3n) is 12.1. The van der Waals surface area contributed by atoms with Crippen molar-refractivity contribution in [3.05, 3.63) is 58.1 Å². The minimum atomic E-state index is -2.32. The van der Waals surface area contributed by atoms with Gasteiger partial charge in [-0.2, -0.15) is 9.97 Å². The molecule has 0 saturated carbocycles. The molecule has 1 N–H and O–H groups in total. The lowest BCUT2D eigenvalue weighted by atomic mass is 9.95. The lowest BCUT2D eigenvalue weighted by Crippen LogP contribution is -2.48. The Hall–Kier alpha value is -5.27. The molecule has 2 aliphatic heterocycles. The Morgan fingerprint density at radius 1 is 1.05 bits per heavy atom. The second-order valence-corrected chi connectivity index (χ2v) is 22.0. The Morgan fingerprint density at radius 3 is 2.45 bits per heavy atom. The summed E-state index contributed by atoms with van der Waals surface area (Å²) in [6, 6.07) is 6.40. The van der Waals surface area contributed by atoms with Crippen molar-refractivity contribution < 1.29 is 32.9 Å². The van der Waals surface area contributed by atoms with Gasteiger partial charge in [0.2, 0.25) is 0 Å². The maximum absolute atomic E-state index is 17.5. The summed E-state index contributed by atoms with van der Waals surface area (Å²) in [6.07, 6.45) is 3.05. The zero-order valence-electron chi connectivity index (χ0n) is 35.5. The molecular formula is C43H55F2N9O5Si. The van der Waals surface area contributed by atoms with Crippen molar-refractivity contribution in [1.82, 2.24) is 24.8 Å². The van der Waals surface area contributed by atoms with Gasteiger partial charge in [-0.25, -0.2) is 13.6 Å². The van der Waals surface area contributed by atoms with E-state index < -0.39 is 25.8 Å². The van der Waals surface area contributed by atoms with Crippen LogP contribution in [0.15, 0.2) is 35.6 Å². The van der Waals surface area contributed by atoms with Crippen LogP contribution in [0.1, 0.15) is 66.4 Å². The van der Waals surface area contributed by atoms with Gasteiger partial charge in [0.25, 0.3) is 0 Å². The minimum Gasteiger partial charge on any atom is -0.468 e. The molecule has 2 aromatic heterocycles. The van der Waals surface area contributed by atoms with E-state index >= 15 is 8.78 Å². The highest BCUT2D eigenvalue weighted by Crippen LogP contribution is 2.42.